The molecule has 7 heteroatoms. The fourth-order valence-corrected chi connectivity index (χ4v) is 3.07. The Hall–Kier alpha value is -0.920. The van der Waals surface area contributed by atoms with Crippen molar-refractivity contribution in [3.05, 3.63) is 17.0 Å². The molecule has 3 N–H and O–H groups in total. The van der Waals surface area contributed by atoms with Gasteiger partial charge in [-0.15, -0.1) is 11.3 Å². The van der Waals surface area contributed by atoms with Crippen molar-refractivity contribution < 1.29 is 13.2 Å². The van der Waals surface area contributed by atoms with Gasteiger partial charge in [-0.2, -0.15) is 0 Å². The number of hydrogen-bond acceptors (Lipinski definition) is 4. The molecule has 0 aliphatic carbocycles. The summed E-state index contributed by atoms with van der Waals surface area (Å²) >= 11 is 1.03. The summed E-state index contributed by atoms with van der Waals surface area (Å²) in [5.74, 6) is -0.107. The number of thiophene rings is 1. The molecule has 0 unspecified atom stereocenters. The van der Waals surface area contributed by atoms with Crippen molar-refractivity contribution in [3.63, 3.8) is 0 Å². The van der Waals surface area contributed by atoms with Gasteiger partial charge in [0.05, 0.1) is 6.42 Å². The van der Waals surface area contributed by atoms with Crippen molar-refractivity contribution in [1.29, 1.82) is 0 Å². The van der Waals surface area contributed by atoms with E-state index < -0.39 is 10.0 Å². The molecule has 1 aromatic heterocycles. The van der Waals surface area contributed by atoms with Crippen LogP contribution in [0.15, 0.2) is 16.3 Å². The Morgan fingerprint density at radius 3 is 2.53 bits per heavy atom. The first kappa shape index (κ1) is 16.1. The highest BCUT2D eigenvalue weighted by atomic mass is 32.2. The van der Waals surface area contributed by atoms with Gasteiger partial charge in [-0.3, -0.25) is 4.79 Å². The number of nitrogens with two attached hydrogens (primary N) is 1. The summed E-state index contributed by atoms with van der Waals surface area (Å²) in [7, 11) is -3.67. The second kappa shape index (κ2) is 6.02. The minimum atomic E-state index is -3.67. The van der Waals surface area contributed by atoms with Crippen LogP contribution in [-0.4, -0.2) is 20.9 Å². The number of sulfonamides is 1. The molecule has 0 saturated heterocycles. The van der Waals surface area contributed by atoms with Crippen LogP contribution in [0.4, 0.5) is 0 Å². The van der Waals surface area contributed by atoms with Gasteiger partial charge in [-0.05, 0) is 24.0 Å². The van der Waals surface area contributed by atoms with Gasteiger partial charge in [0, 0.05) is 11.4 Å². The van der Waals surface area contributed by atoms with Crippen LogP contribution in [-0.2, 0) is 21.2 Å². The van der Waals surface area contributed by atoms with E-state index in [-0.39, 0.29) is 22.0 Å². The Kier molecular flexibility index (Phi) is 5.11. The van der Waals surface area contributed by atoms with E-state index in [0.29, 0.717) is 11.4 Å². The first-order valence-electron chi connectivity index (χ1n) is 6.02. The number of hydrogen-bond donors (Lipinski definition) is 2. The topological polar surface area (TPSA) is 89.3 Å². The first-order chi connectivity index (χ1) is 8.64. The molecule has 1 aromatic rings. The summed E-state index contributed by atoms with van der Waals surface area (Å²) in [5.41, 5.74) is 0.0663. The van der Waals surface area contributed by atoms with Crippen LogP contribution < -0.4 is 10.5 Å². The summed E-state index contributed by atoms with van der Waals surface area (Å²) < 4.78 is 22.3. The lowest BCUT2D eigenvalue weighted by atomic mass is 9.90. The van der Waals surface area contributed by atoms with E-state index in [4.69, 9.17) is 5.14 Å². The van der Waals surface area contributed by atoms with E-state index in [1.54, 1.807) is 6.07 Å². The van der Waals surface area contributed by atoms with Gasteiger partial charge in [0.2, 0.25) is 15.9 Å². The monoisotopic (exact) mass is 304 g/mol. The van der Waals surface area contributed by atoms with E-state index in [0.717, 1.165) is 17.8 Å². The molecule has 0 atom stereocenters. The Balaban J connectivity index is 2.56. The zero-order valence-corrected chi connectivity index (χ0v) is 13.0. The highest BCUT2D eigenvalue weighted by Crippen LogP contribution is 2.21. The van der Waals surface area contributed by atoms with Crippen molar-refractivity contribution in [2.75, 3.05) is 6.54 Å². The molecule has 108 valence electrons. The minimum absolute atomic E-state index is 0.0663. The van der Waals surface area contributed by atoms with Crippen LogP contribution in [0.25, 0.3) is 0 Å². The van der Waals surface area contributed by atoms with Crippen molar-refractivity contribution in [3.8, 4) is 0 Å². The lowest BCUT2D eigenvalue weighted by molar-refractivity contribution is -0.120. The Morgan fingerprint density at radius 1 is 1.42 bits per heavy atom. The number of primary sulfonamides is 1. The van der Waals surface area contributed by atoms with Crippen molar-refractivity contribution in [2.24, 2.45) is 10.6 Å². The highest BCUT2D eigenvalue weighted by Gasteiger charge is 2.17. The maximum Gasteiger partial charge on any atom is 0.247 e. The quantitative estimate of drug-likeness (QED) is 0.834. The summed E-state index contributed by atoms with van der Waals surface area (Å²) in [6, 6.07) is 3.05. The second-order valence-electron chi connectivity index (χ2n) is 5.24. The van der Waals surface area contributed by atoms with Gasteiger partial charge in [0.15, 0.2) is 0 Å². The van der Waals surface area contributed by atoms with Crippen LogP contribution in [0, 0.1) is 5.41 Å². The third-order valence-corrected chi connectivity index (χ3v) is 5.50. The van der Waals surface area contributed by atoms with Gasteiger partial charge in [-0.1, -0.05) is 20.8 Å². The van der Waals surface area contributed by atoms with Crippen molar-refractivity contribution in [1.82, 2.24) is 5.32 Å². The van der Waals surface area contributed by atoms with Crippen molar-refractivity contribution in [2.45, 2.75) is 37.8 Å². The number of amides is 1. The molecule has 5 nitrogen and oxygen atoms in total. The number of rotatable bonds is 6. The molecule has 0 aliphatic rings. The maximum atomic E-state index is 11.7. The Labute approximate surface area is 118 Å². The minimum Gasteiger partial charge on any atom is -0.355 e. The number of nitrogens with one attached hydrogen (secondary N) is 1. The van der Waals surface area contributed by atoms with E-state index in [1.165, 1.54) is 6.07 Å². The van der Waals surface area contributed by atoms with E-state index >= 15 is 0 Å². The smallest absolute Gasteiger partial charge is 0.247 e. The summed E-state index contributed by atoms with van der Waals surface area (Å²) in [6.45, 7) is 6.84. The zero-order valence-electron chi connectivity index (χ0n) is 11.4. The van der Waals surface area contributed by atoms with Gasteiger partial charge in [0.1, 0.15) is 4.21 Å². The molecule has 0 aliphatic heterocycles. The first-order valence-corrected chi connectivity index (χ1v) is 8.38. The Morgan fingerprint density at radius 2 is 2.05 bits per heavy atom. The molecule has 19 heavy (non-hydrogen) atoms. The fraction of sp³-hybridized carbons (Fsp3) is 0.583. The van der Waals surface area contributed by atoms with Crippen LogP contribution in [0.3, 0.4) is 0 Å². The molecule has 1 rings (SSSR count). The van der Waals surface area contributed by atoms with Gasteiger partial charge < -0.3 is 5.32 Å². The normalized spacial score (nSPS) is 12.4. The summed E-state index contributed by atoms with van der Waals surface area (Å²) in [6.07, 6.45) is 1.15. The predicted octanol–water partition coefficient (Wildman–Crippen LogP) is 1.49. The lowest BCUT2D eigenvalue weighted by Crippen LogP contribution is -2.34. The SMILES string of the molecule is CCC(C)(C)CNC(=O)Cc1ccc(S(N)(=O)=O)s1. The average Bonchev–Trinajstić information content (AvgIpc) is 2.75. The summed E-state index contributed by atoms with van der Waals surface area (Å²) in [4.78, 5) is 12.4. The number of carbonyl (C=O) groups excluding carboxylic acids is 1. The molecule has 0 radical (unpaired) electrons. The second-order valence-corrected chi connectivity index (χ2v) is 8.19. The molecule has 0 fully saturated rings. The number of carbonyl (C=O) groups is 1. The molecule has 0 aromatic carbocycles. The Bertz CT molecular complexity index is 547. The van der Waals surface area contributed by atoms with E-state index in [2.05, 4.69) is 26.1 Å². The maximum absolute atomic E-state index is 11.7. The lowest BCUT2D eigenvalue weighted by Gasteiger charge is -2.22. The standard InChI is InChI=1S/C12H20N2O3S2/c1-4-12(2,3)8-14-10(15)7-9-5-6-11(18-9)19(13,16)17/h5-6H,4,7-8H2,1-3H3,(H,14,15)(H2,13,16,17). The third kappa shape index (κ3) is 5.30. The summed E-state index contributed by atoms with van der Waals surface area (Å²) in [5, 5.41) is 7.87. The van der Waals surface area contributed by atoms with Gasteiger partial charge >= 0.3 is 0 Å². The average molecular weight is 304 g/mol. The van der Waals surface area contributed by atoms with Crippen LogP contribution >= 0.6 is 11.3 Å². The fourth-order valence-electron chi connectivity index (χ4n) is 1.29. The van der Waals surface area contributed by atoms with Crippen LogP contribution in [0.2, 0.25) is 0 Å². The van der Waals surface area contributed by atoms with Crippen molar-refractivity contribution >= 4 is 27.3 Å². The molecular formula is C12H20N2O3S2. The molecular weight excluding hydrogens is 284 g/mol. The molecule has 0 saturated carbocycles. The third-order valence-electron chi connectivity index (χ3n) is 2.97. The molecule has 0 spiro atoms. The predicted molar refractivity (Wildman–Crippen MR) is 76.5 cm³/mol. The van der Waals surface area contributed by atoms with Gasteiger partial charge in [0.25, 0.3) is 0 Å². The van der Waals surface area contributed by atoms with Crippen LogP contribution in [0.5, 0.6) is 0 Å². The molecule has 1 heterocycles. The van der Waals surface area contributed by atoms with E-state index in [9.17, 15) is 13.2 Å². The zero-order chi connectivity index (χ0) is 14.7. The highest BCUT2D eigenvalue weighted by molar-refractivity contribution is 7.91. The van der Waals surface area contributed by atoms with Gasteiger partial charge in [-0.25, -0.2) is 13.6 Å². The molecule has 0 bridgehead atoms. The van der Waals surface area contributed by atoms with E-state index in [1.807, 2.05) is 0 Å². The van der Waals surface area contributed by atoms with Crippen LogP contribution in [0.1, 0.15) is 32.1 Å². The molecule has 1 amide bonds. The largest absolute Gasteiger partial charge is 0.355 e.